The van der Waals surface area contributed by atoms with Gasteiger partial charge in [-0.25, -0.2) is 12.8 Å². The van der Waals surface area contributed by atoms with Gasteiger partial charge in [0.15, 0.2) is 5.96 Å². The van der Waals surface area contributed by atoms with Crippen molar-refractivity contribution in [1.29, 1.82) is 0 Å². The Labute approximate surface area is 172 Å². The minimum atomic E-state index is -3.11. The molecule has 0 fully saturated rings. The normalized spacial score (nSPS) is 12.1. The van der Waals surface area contributed by atoms with Crippen molar-refractivity contribution in [3.8, 4) is 5.75 Å². The van der Waals surface area contributed by atoms with Crippen molar-refractivity contribution < 1.29 is 17.5 Å². The first-order chi connectivity index (χ1) is 13.7. The molecule has 0 unspecified atom stereocenters. The number of hydrogen-bond acceptors (Lipinski definition) is 4. The Bertz CT molecular complexity index is 913. The second-order valence-corrected chi connectivity index (χ2v) is 9.20. The smallest absolute Gasteiger partial charge is 0.195 e. The van der Waals surface area contributed by atoms with Gasteiger partial charge in [-0.05, 0) is 56.2 Å². The van der Waals surface area contributed by atoms with Crippen molar-refractivity contribution in [2.24, 2.45) is 4.99 Å². The van der Waals surface area contributed by atoms with Crippen LogP contribution in [0.25, 0.3) is 0 Å². The lowest BCUT2D eigenvalue weighted by molar-refractivity contribution is 0.242. The number of rotatable bonds is 9. The van der Waals surface area contributed by atoms with Gasteiger partial charge in [0.25, 0.3) is 0 Å². The predicted octanol–water partition coefficient (Wildman–Crippen LogP) is 3.26. The number of halogens is 1. The van der Waals surface area contributed by atoms with Crippen LogP contribution in [0.15, 0.2) is 53.5 Å². The molecule has 0 aromatic heterocycles. The van der Waals surface area contributed by atoms with E-state index in [2.05, 4.69) is 15.6 Å². The van der Waals surface area contributed by atoms with Crippen LogP contribution in [0.4, 0.5) is 10.1 Å². The lowest BCUT2D eigenvalue weighted by Crippen LogP contribution is -2.33. The van der Waals surface area contributed by atoms with Crippen molar-refractivity contribution in [3.05, 3.63) is 59.9 Å². The largest absolute Gasteiger partial charge is 0.491 e. The number of nitrogens with one attached hydrogen (secondary N) is 2. The fourth-order valence-electron chi connectivity index (χ4n) is 2.51. The molecule has 2 N–H and O–H groups in total. The first-order valence-electron chi connectivity index (χ1n) is 9.46. The van der Waals surface area contributed by atoms with E-state index in [-0.39, 0.29) is 24.2 Å². The summed E-state index contributed by atoms with van der Waals surface area (Å²) < 4.78 is 42.1. The molecule has 158 valence electrons. The molecule has 0 amide bonds. The molecule has 29 heavy (non-hydrogen) atoms. The van der Waals surface area contributed by atoms with Crippen LogP contribution >= 0.6 is 0 Å². The standard InChI is InChI=1S/C21H28FN3O3S/c1-16(2)28-19-10-8-18(9-11-19)25-21(24-14-15-29(3,26)27)23-13-12-17-6-4-5-7-20(17)22/h4-11,16H,12-15H2,1-3H3,(H2,23,24,25). The third kappa shape index (κ3) is 8.95. The summed E-state index contributed by atoms with van der Waals surface area (Å²) in [7, 11) is -3.11. The van der Waals surface area contributed by atoms with Crippen LogP contribution in [0.2, 0.25) is 0 Å². The number of anilines is 1. The van der Waals surface area contributed by atoms with Gasteiger partial charge in [-0.2, -0.15) is 0 Å². The minimum absolute atomic E-state index is 0.0473. The molecule has 0 atom stereocenters. The Hall–Kier alpha value is -2.61. The van der Waals surface area contributed by atoms with E-state index in [4.69, 9.17) is 4.74 Å². The van der Waals surface area contributed by atoms with Crippen LogP contribution in [-0.4, -0.2) is 45.6 Å². The van der Waals surface area contributed by atoms with Crippen LogP contribution in [0.5, 0.6) is 5.75 Å². The highest BCUT2D eigenvalue weighted by Crippen LogP contribution is 2.17. The molecular formula is C21H28FN3O3S. The van der Waals surface area contributed by atoms with E-state index in [1.54, 1.807) is 18.2 Å². The summed E-state index contributed by atoms with van der Waals surface area (Å²) in [6.07, 6.45) is 1.73. The quantitative estimate of drug-likeness (QED) is 0.480. The van der Waals surface area contributed by atoms with Gasteiger partial charge in [0.1, 0.15) is 21.4 Å². The summed E-state index contributed by atoms with van der Waals surface area (Å²) in [6, 6.07) is 14.0. The van der Waals surface area contributed by atoms with Crippen molar-refractivity contribution in [1.82, 2.24) is 5.32 Å². The van der Waals surface area contributed by atoms with Gasteiger partial charge in [0, 0.05) is 18.5 Å². The maximum atomic E-state index is 13.8. The van der Waals surface area contributed by atoms with Crippen molar-refractivity contribution in [2.45, 2.75) is 26.4 Å². The summed E-state index contributed by atoms with van der Waals surface area (Å²) in [5.74, 6) is 0.892. The molecule has 0 saturated heterocycles. The Balaban J connectivity index is 2.02. The summed E-state index contributed by atoms with van der Waals surface area (Å²) >= 11 is 0. The van der Waals surface area contributed by atoms with Crippen molar-refractivity contribution >= 4 is 21.5 Å². The van der Waals surface area contributed by atoms with E-state index < -0.39 is 9.84 Å². The summed E-state index contributed by atoms with van der Waals surface area (Å²) in [5.41, 5.74) is 1.38. The second kappa shape index (κ2) is 10.8. The van der Waals surface area contributed by atoms with Crippen LogP contribution in [0.3, 0.4) is 0 Å². The number of hydrogen-bond donors (Lipinski definition) is 2. The highest BCUT2D eigenvalue weighted by Gasteiger charge is 2.06. The Kier molecular flexibility index (Phi) is 8.45. The van der Waals surface area contributed by atoms with Gasteiger partial charge in [0.05, 0.1) is 18.4 Å². The third-order valence-electron chi connectivity index (χ3n) is 3.87. The number of nitrogens with zero attached hydrogens (tertiary/aromatic N) is 1. The number of benzene rings is 2. The zero-order chi connectivity index (χ0) is 21.3. The summed E-state index contributed by atoms with van der Waals surface area (Å²) in [4.78, 5) is 4.32. The molecule has 0 saturated carbocycles. The number of guanidine groups is 1. The molecule has 0 spiro atoms. The van der Waals surface area contributed by atoms with Crippen molar-refractivity contribution in [2.75, 3.05) is 30.4 Å². The molecule has 0 aliphatic carbocycles. The van der Waals surface area contributed by atoms with Gasteiger partial charge >= 0.3 is 0 Å². The number of aliphatic imine (C=N–C) groups is 1. The zero-order valence-corrected chi connectivity index (χ0v) is 17.8. The SMILES string of the molecule is CC(C)Oc1ccc(NC(=NCCS(C)(=O)=O)NCCc2ccccc2F)cc1. The van der Waals surface area contributed by atoms with Crippen LogP contribution in [-0.2, 0) is 16.3 Å². The molecule has 2 rings (SSSR count). The molecule has 0 aliphatic heterocycles. The Morgan fingerprint density at radius 3 is 2.45 bits per heavy atom. The highest BCUT2D eigenvalue weighted by atomic mass is 32.2. The fourth-order valence-corrected chi connectivity index (χ4v) is 2.93. The molecule has 0 aliphatic rings. The average Bonchev–Trinajstić information content (AvgIpc) is 2.63. The maximum absolute atomic E-state index is 13.8. The second-order valence-electron chi connectivity index (χ2n) is 6.94. The lowest BCUT2D eigenvalue weighted by atomic mass is 10.1. The fraction of sp³-hybridized carbons (Fsp3) is 0.381. The Morgan fingerprint density at radius 2 is 1.83 bits per heavy atom. The number of ether oxygens (including phenoxy) is 1. The summed E-state index contributed by atoms with van der Waals surface area (Å²) in [5, 5.41) is 6.26. The van der Waals surface area contributed by atoms with Crippen molar-refractivity contribution in [3.63, 3.8) is 0 Å². The monoisotopic (exact) mass is 421 g/mol. The minimum Gasteiger partial charge on any atom is -0.491 e. The molecule has 2 aromatic carbocycles. The zero-order valence-electron chi connectivity index (χ0n) is 17.0. The molecular weight excluding hydrogens is 393 g/mol. The lowest BCUT2D eigenvalue weighted by Gasteiger charge is -2.14. The van der Waals surface area contributed by atoms with Gasteiger partial charge in [-0.3, -0.25) is 4.99 Å². The Morgan fingerprint density at radius 1 is 1.14 bits per heavy atom. The van der Waals surface area contributed by atoms with Gasteiger partial charge in [0.2, 0.25) is 0 Å². The van der Waals surface area contributed by atoms with Gasteiger partial charge in [-0.1, -0.05) is 18.2 Å². The van der Waals surface area contributed by atoms with Crippen LogP contribution in [0.1, 0.15) is 19.4 Å². The first kappa shape index (κ1) is 22.7. The molecule has 8 heteroatoms. The van der Waals surface area contributed by atoms with Crippen LogP contribution < -0.4 is 15.4 Å². The molecule has 2 aromatic rings. The number of sulfone groups is 1. The average molecular weight is 422 g/mol. The van der Waals surface area contributed by atoms with E-state index in [1.807, 2.05) is 38.1 Å². The van der Waals surface area contributed by atoms with Gasteiger partial charge < -0.3 is 15.4 Å². The van der Waals surface area contributed by atoms with E-state index in [1.165, 1.54) is 12.3 Å². The predicted molar refractivity (Wildman–Crippen MR) is 116 cm³/mol. The molecule has 0 bridgehead atoms. The topological polar surface area (TPSA) is 79.8 Å². The first-order valence-corrected chi connectivity index (χ1v) is 11.5. The molecule has 0 radical (unpaired) electrons. The van der Waals surface area contributed by atoms with Crippen LogP contribution in [0, 0.1) is 5.82 Å². The van der Waals surface area contributed by atoms with Gasteiger partial charge in [-0.15, -0.1) is 0 Å². The maximum Gasteiger partial charge on any atom is 0.195 e. The molecule has 0 heterocycles. The summed E-state index contributed by atoms with van der Waals surface area (Å²) in [6.45, 7) is 4.49. The van der Waals surface area contributed by atoms with E-state index >= 15 is 0 Å². The third-order valence-corrected chi connectivity index (χ3v) is 4.79. The highest BCUT2D eigenvalue weighted by molar-refractivity contribution is 7.90. The van der Waals surface area contributed by atoms with E-state index in [9.17, 15) is 12.8 Å². The van der Waals surface area contributed by atoms with E-state index in [0.29, 0.717) is 24.5 Å². The van der Waals surface area contributed by atoms with E-state index in [0.717, 1.165) is 11.4 Å². The molecule has 6 nitrogen and oxygen atoms in total.